The van der Waals surface area contributed by atoms with Crippen molar-refractivity contribution in [2.45, 2.75) is 40.2 Å². The molecular weight excluding hydrogens is 262 g/mol. The Bertz CT molecular complexity index is 589. The highest BCUT2D eigenvalue weighted by atomic mass is 32.1. The van der Waals surface area contributed by atoms with Gasteiger partial charge in [0.15, 0.2) is 5.69 Å². The second-order valence-electron chi connectivity index (χ2n) is 4.45. The van der Waals surface area contributed by atoms with Crippen molar-refractivity contribution in [2.24, 2.45) is 0 Å². The van der Waals surface area contributed by atoms with E-state index in [9.17, 15) is 4.79 Å². The Kier molecular flexibility index (Phi) is 3.94. The molecule has 0 saturated carbocycles. The molecule has 2 rings (SSSR count). The largest absolute Gasteiger partial charge is 0.295 e. The second kappa shape index (κ2) is 5.48. The van der Waals surface area contributed by atoms with Crippen LogP contribution >= 0.6 is 11.3 Å². The van der Waals surface area contributed by atoms with Gasteiger partial charge in [-0.15, -0.1) is 10.2 Å². The van der Waals surface area contributed by atoms with Crippen molar-refractivity contribution in [2.75, 3.05) is 5.32 Å². The molecule has 19 heavy (non-hydrogen) atoms. The van der Waals surface area contributed by atoms with Gasteiger partial charge in [0.1, 0.15) is 5.01 Å². The van der Waals surface area contributed by atoms with E-state index in [0.717, 1.165) is 17.1 Å². The van der Waals surface area contributed by atoms with Crippen LogP contribution in [-0.2, 0) is 0 Å². The van der Waals surface area contributed by atoms with Gasteiger partial charge in [-0.25, -0.2) is 0 Å². The Morgan fingerprint density at radius 3 is 2.79 bits per heavy atom. The van der Waals surface area contributed by atoms with Crippen molar-refractivity contribution in [3.63, 3.8) is 0 Å². The standard InChI is InChI=1S/C12H17N5OS/c1-5-7(2)17-8(3)6-10(16-17)11(18)13-12-15-14-9(4)19-12/h6-7H,5H2,1-4H3,(H,13,15,18). The molecule has 1 atom stereocenters. The fourth-order valence-electron chi connectivity index (χ4n) is 1.73. The van der Waals surface area contributed by atoms with E-state index in [2.05, 4.69) is 34.5 Å². The minimum absolute atomic E-state index is 0.249. The zero-order valence-electron chi connectivity index (χ0n) is 11.5. The number of anilines is 1. The lowest BCUT2D eigenvalue weighted by Gasteiger charge is -2.10. The first-order chi connectivity index (χ1) is 9.01. The van der Waals surface area contributed by atoms with Crippen LogP contribution in [-0.4, -0.2) is 25.9 Å². The predicted octanol–water partition coefficient (Wildman–Crippen LogP) is 2.57. The van der Waals surface area contributed by atoms with E-state index in [1.807, 2.05) is 18.5 Å². The lowest BCUT2D eigenvalue weighted by Crippen LogP contribution is -2.14. The highest BCUT2D eigenvalue weighted by Gasteiger charge is 2.16. The monoisotopic (exact) mass is 279 g/mol. The van der Waals surface area contributed by atoms with Gasteiger partial charge in [-0.1, -0.05) is 18.3 Å². The number of carbonyl (C=O) groups excluding carboxylic acids is 1. The van der Waals surface area contributed by atoms with E-state index in [1.165, 1.54) is 11.3 Å². The maximum absolute atomic E-state index is 12.1. The molecule has 0 fully saturated rings. The molecule has 0 spiro atoms. The first kappa shape index (κ1) is 13.7. The van der Waals surface area contributed by atoms with Gasteiger partial charge in [0.25, 0.3) is 5.91 Å². The minimum atomic E-state index is -0.249. The number of aromatic nitrogens is 4. The zero-order chi connectivity index (χ0) is 14.0. The van der Waals surface area contributed by atoms with Crippen molar-refractivity contribution in [3.8, 4) is 0 Å². The summed E-state index contributed by atoms with van der Waals surface area (Å²) in [4.78, 5) is 12.1. The highest BCUT2D eigenvalue weighted by molar-refractivity contribution is 7.15. The average molecular weight is 279 g/mol. The number of amides is 1. The van der Waals surface area contributed by atoms with Crippen LogP contribution in [0.3, 0.4) is 0 Å². The summed E-state index contributed by atoms with van der Waals surface area (Å²) in [5.41, 5.74) is 1.39. The van der Waals surface area contributed by atoms with Crippen LogP contribution in [0.4, 0.5) is 5.13 Å². The van der Waals surface area contributed by atoms with Gasteiger partial charge in [0.2, 0.25) is 5.13 Å². The summed E-state index contributed by atoms with van der Waals surface area (Å²) in [5, 5.41) is 16.1. The van der Waals surface area contributed by atoms with Gasteiger partial charge in [-0.05, 0) is 33.3 Å². The van der Waals surface area contributed by atoms with Crippen LogP contribution in [0.1, 0.15) is 47.5 Å². The summed E-state index contributed by atoms with van der Waals surface area (Å²) in [7, 11) is 0. The van der Waals surface area contributed by atoms with Crippen molar-refractivity contribution in [1.29, 1.82) is 0 Å². The Morgan fingerprint density at radius 1 is 1.47 bits per heavy atom. The number of carbonyl (C=O) groups is 1. The molecule has 102 valence electrons. The molecule has 2 aromatic rings. The Labute approximate surface area is 115 Å². The van der Waals surface area contributed by atoms with E-state index in [-0.39, 0.29) is 11.9 Å². The SMILES string of the molecule is CCC(C)n1nc(C(=O)Nc2nnc(C)s2)cc1C. The van der Waals surface area contributed by atoms with Crippen LogP contribution < -0.4 is 5.32 Å². The highest BCUT2D eigenvalue weighted by Crippen LogP contribution is 2.17. The Balaban J connectivity index is 2.15. The van der Waals surface area contributed by atoms with Crippen LogP contribution in [0.2, 0.25) is 0 Å². The van der Waals surface area contributed by atoms with Gasteiger partial charge >= 0.3 is 0 Å². The number of nitrogens with one attached hydrogen (secondary N) is 1. The van der Waals surface area contributed by atoms with Gasteiger partial charge < -0.3 is 0 Å². The summed E-state index contributed by atoms with van der Waals surface area (Å²) in [5.74, 6) is -0.249. The molecule has 2 aromatic heterocycles. The van der Waals surface area contributed by atoms with Crippen molar-refractivity contribution >= 4 is 22.4 Å². The molecule has 1 unspecified atom stereocenters. The van der Waals surface area contributed by atoms with Crippen LogP contribution in [0.5, 0.6) is 0 Å². The second-order valence-corrected chi connectivity index (χ2v) is 5.63. The predicted molar refractivity (Wildman–Crippen MR) is 74.6 cm³/mol. The third-order valence-electron chi connectivity index (χ3n) is 2.91. The summed E-state index contributed by atoms with van der Waals surface area (Å²) in [6, 6.07) is 2.07. The lowest BCUT2D eigenvalue weighted by molar-refractivity contribution is 0.102. The maximum atomic E-state index is 12.1. The molecule has 6 nitrogen and oxygen atoms in total. The fraction of sp³-hybridized carbons (Fsp3) is 0.500. The summed E-state index contributed by atoms with van der Waals surface area (Å²) in [6.45, 7) is 7.96. The molecular formula is C12H17N5OS. The van der Waals surface area contributed by atoms with Crippen molar-refractivity contribution in [1.82, 2.24) is 20.0 Å². The maximum Gasteiger partial charge on any atom is 0.277 e. The first-order valence-corrected chi connectivity index (χ1v) is 7.00. The Morgan fingerprint density at radius 2 is 2.21 bits per heavy atom. The Hall–Kier alpha value is -1.76. The first-order valence-electron chi connectivity index (χ1n) is 6.19. The van der Waals surface area contributed by atoms with Crippen LogP contribution in [0, 0.1) is 13.8 Å². The number of hydrogen-bond acceptors (Lipinski definition) is 5. The van der Waals surface area contributed by atoms with Gasteiger partial charge in [0, 0.05) is 11.7 Å². The van der Waals surface area contributed by atoms with E-state index in [0.29, 0.717) is 10.8 Å². The normalized spacial score (nSPS) is 12.4. The summed E-state index contributed by atoms with van der Waals surface area (Å²) in [6.07, 6.45) is 0.971. The molecule has 2 heterocycles. The zero-order valence-corrected chi connectivity index (χ0v) is 12.3. The van der Waals surface area contributed by atoms with Crippen molar-refractivity contribution < 1.29 is 4.79 Å². The molecule has 0 aliphatic heterocycles. The number of hydrogen-bond donors (Lipinski definition) is 1. The summed E-state index contributed by atoms with van der Waals surface area (Å²) < 4.78 is 1.88. The van der Waals surface area contributed by atoms with E-state index >= 15 is 0 Å². The topological polar surface area (TPSA) is 72.7 Å². The van der Waals surface area contributed by atoms with Crippen LogP contribution in [0.15, 0.2) is 6.07 Å². The van der Waals surface area contributed by atoms with Gasteiger partial charge in [0.05, 0.1) is 0 Å². The average Bonchev–Trinajstić information content (AvgIpc) is 2.95. The lowest BCUT2D eigenvalue weighted by atomic mass is 10.2. The van der Waals surface area contributed by atoms with Gasteiger partial charge in [-0.3, -0.25) is 14.8 Å². The van der Waals surface area contributed by atoms with Gasteiger partial charge in [-0.2, -0.15) is 5.10 Å². The molecule has 1 amide bonds. The van der Waals surface area contributed by atoms with E-state index in [1.54, 1.807) is 6.07 Å². The molecule has 0 aromatic carbocycles. The molecule has 1 N–H and O–H groups in total. The fourth-order valence-corrected chi connectivity index (χ4v) is 2.31. The summed E-state index contributed by atoms with van der Waals surface area (Å²) >= 11 is 1.34. The van der Waals surface area contributed by atoms with E-state index < -0.39 is 0 Å². The number of nitrogens with zero attached hydrogens (tertiary/aromatic N) is 4. The smallest absolute Gasteiger partial charge is 0.277 e. The molecule has 0 radical (unpaired) electrons. The molecule has 0 bridgehead atoms. The minimum Gasteiger partial charge on any atom is -0.295 e. The quantitative estimate of drug-likeness (QED) is 0.933. The number of aryl methyl sites for hydroxylation is 2. The third kappa shape index (κ3) is 2.98. The molecule has 0 aliphatic carbocycles. The molecule has 0 aliphatic rings. The third-order valence-corrected chi connectivity index (χ3v) is 3.66. The van der Waals surface area contributed by atoms with E-state index in [4.69, 9.17) is 0 Å². The van der Waals surface area contributed by atoms with Crippen LogP contribution in [0.25, 0.3) is 0 Å². The number of rotatable bonds is 4. The van der Waals surface area contributed by atoms with Crippen molar-refractivity contribution in [3.05, 3.63) is 22.5 Å². The molecule has 7 heteroatoms. The molecule has 0 saturated heterocycles.